The van der Waals surface area contributed by atoms with Crippen LogP contribution in [0.1, 0.15) is 5.69 Å². The Morgan fingerprint density at radius 3 is 2.41 bits per heavy atom. The topological polar surface area (TPSA) is 29.9 Å². The van der Waals surface area contributed by atoms with E-state index in [0.717, 1.165) is 24.8 Å². The van der Waals surface area contributed by atoms with Gasteiger partial charge in [0.05, 0.1) is 17.9 Å². The molecule has 0 atom stereocenters. The smallest absolute Gasteiger partial charge is 0.0815 e. The van der Waals surface area contributed by atoms with Crippen LogP contribution in [0.3, 0.4) is 0 Å². The predicted molar refractivity (Wildman–Crippen MR) is 80.1 cm³/mol. The van der Waals surface area contributed by atoms with Crippen LogP contribution in [-0.2, 0) is 13.6 Å². The summed E-state index contributed by atoms with van der Waals surface area (Å²) in [5.74, 6) is 0. The Balaban J connectivity index is 2.14. The summed E-state index contributed by atoms with van der Waals surface area (Å²) >= 11 is 10.5. The minimum absolute atomic E-state index is 0.694. The second-order valence-corrected chi connectivity index (χ2v) is 6.20. The van der Waals surface area contributed by atoms with Crippen molar-refractivity contribution in [2.75, 3.05) is 5.32 Å². The van der Waals surface area contributed by atoms with Crippen LogP contribution in [-0.4, -0.2) is 9.78 Å². The lowest BCUT2D eigenvalue weighted by molar-refractivity contribution is 0.747. The van der Waals surface area contributed by atoms with E-state index in [-0.39, 0.29) is 0 Å². The van der Waals surface area contributed by atoms with Crippen molar-refractivity contribution in [1.29, 1.82) is 0 Å². The quantitative estimate of drug-likeness (QED) is 0.796. The first-order valence-electron chi connectivity index (χ1n) is 4.93. The van der Waals surface area contributed by atoms with Gasteiger partial charge in [-0.05, 0) is 50.1 Å². The highest BCUT2D eigenvalue weighted by atomic mass is 79.9. The van der Waals surface area contributed by atoms with Crippen LogP contribution in [0.2, 0.25) is 0 Å². The predicted octanol–water partition coefficient (Wildman–Crippen LogP) is 4.32. The van der Waals surface area contributed by atoms with Crippen molar-refractivity contribution < 1.29 is 0 Å². The molecule has 6 heteroatoms. The number of hydrogen-bond acceptors (Lipinski definition) is 2. The van der Waals surface area contributed by atoms with Crippen LogP contribution in [0.5, 0.6) is 0 Å². The van der Waals surface area contributed by atoms with Crippen LogP contribution in [0.15, 0.2) is 37.8 Å². The van der Waals surface area contributed by atoms with Gasteiger partial charge >= 0.3 is 0 Å². The minimum atomic E-state index is 0.694. The van der Waals surface area contributed by atoms with Crippen molar-refractivity contribution in [1.82, 2.24) is 9.78 Å². The molecule has 90 valence electrons. The molecule has 0 amide bonds. The summed E-state index contributed by atoms with van der Waals surface area (Å²) in [6.07, 6.45) is 1.93. The Bertz CT molecular complexity index is 514. The lowest BCUT2D eigenvalue weighted by atomic mass is 10.3. The van der Waals surface area contributed by atoms with Crippen LogP contribution in [0, 0.1) is 0 Å². The lowest BCUT2D eigenvalue weighted by Crippen LogP contribution is -2.02. The summed E-state index contributed by atoms with van der Waals surface area (Å²) in [5, 5.41) is 7.66. The third-order valence-electron chi connectivity index (χ3n) is 2.22. The molecule has 1 N–H and O–H groups in total. The van der Waals surface area contributed by atoms with E-state index in [4.69, 9.17) is 0 Å². The van der Waals surface area contributed by atoms with Gasteiger partial charge in [0.1, 0.15) is 0 Å². The molecule has 0 fully saturated rings. The fourth-order valence-corrected chi connectivity index (χ4v) is 3.99. The van der Waals surface area contributed by atoms with Gasteiger partial charge in [0.2, 0.25) is 0 Å². The summed E-state index contributed by atoms with van der Waals surface area (Å²) in [5.41, 5.74) is 2.04. The highest BCUT2D eigenvalue weighted by molar-refractivity contribution is 9.11. The summed E-state index contributed by atoms with van der Waals surface area (Å²) in [7, 11) is 1.91. The highest BCUT2D eigenvalue weighted by Crippen LogP contribution is 2.34. The van der Waals surface area contributed by atoms with E-state index in [1.54, 1.807) is 4.68 Å². The maximum absolute atomic E-state index is 4.32. The molecule has 0 radical (unpaired) electrons. The van der Waals surface area contributed by atoms with E-state index in [2.05, 4.69) is 58.2 Å². The first-order valence-corrected chi connectivity index (χ1v) is 7.31. The van der Waals surface area contributed by atoms with Gasteiger partial charge in [-0.3, -0.25) is 4.68 Å². The standard InChI is InChI=1S/C11H10Br3N3/c1-17-3-2-8(16-17)6-15-11-9(13)4-7(12)5-10(11)14/h2-5,15H,6H2,1H3. The Morgan fingerprint density at radius 1 is 1.24 bits per heavy atom. The monoisotopic (exact) mass is 421 g/mol. The molecule has 1 heterocycles. The van der Waals surface area contributed by atoms with Gasteiger partial charge in [-0.1, -0.05) is 15.9 Å². The van der Waals surface area contributed by atoms with Crippen molar-refractivity contribution in [2.45, 2.75) is 6.54 Å². The van der Waals surface area contributed by atoms with Crippen LogP contribution in [0.4, 0.5) is 5.69 Å². The molecule has 1 aromatic carbocycles. The summed E-state index contributed by atoms with van der Waals surface area (Å²) < 4.78 is 4.84. The maximum atomic E-state index is 4.32. The molecule has 3 nitrogen and oxygen atoms in total. The molecule has 0 bridgehead atoms. The molecule has 17 heavy (non-hydrogen) atoms. The number of aromatic nitrogens is 2. The third kappa shape index (κ3) is 3.33. The normalized spacial score (nSPS) is 10.6. The van der Waals surface area contributed by atoms with Gasteiger partial charge in [0.25, 0.3) is 0 Å². The van der Waals surface area contributed by atoms with Gasteiger partial charge in [0, 0.05) is 26.7 Å². The number of nitrogens with zero attached hydrogens (tertiary/aromatic N) is 2. The Morgan fingerprint density at radius 2 is 1.88 bits per heavy atom. The molecule has 0 aliphatic rings. The number of aryl methyl sites for hydroxylation is 1. The number of benzene rings is 1. The molecular formula is C11H10Br3N3. The maximum Gasteiger partial charge on any atom is 0.0815 e. The molecule has 0 saturated carbocycles. The van der Waals surface area contributed by atoms with Gasteiger partial charge < -0.3 is 5.32 Å². The zero-order valence-electron chi connectivity index (χ0n) is 9.04. The lowest BCUT2D eigenvalue weighted by Gasteiger charge is -2.10. The number of nitrogens with one attached hydrogen (secondary N) is 1. The fraction of sp³-hybridized carbons (Fsp3) is 0.182. The number of hydrogen-bond donors (Lipinski definition) is 1. The largest absolute Gasteiger partial charge is 0.377 e. The Labute approximate surface area is 125 Å². The van der Waals surface area contributed by atoms with Crippen LogP contribution >= 0.6 is 47.8 Å². The molecule has 0 aliphatic carbocycles. The van der Waals surface area contributed by atoms with E-state index in [1.807, 2.05) is 31.4 Å². The average molecular weight is 424 g/mol. The SMILES string of the molecule is Cn1ccc(CNc2c(Br)cc(Br)cc2Br)n1. The van der Waals surface area contributed by atoms with E-state index >= 15 is 0 Å². The first kappa shape index (κ1) is 13.1. The zero-order chi connectivity index (χ0) is 12.4. The Kier molecular flexibility index (Phi) is 4.27. The van der Waals surface area contributed by atoms with Crippen molar-refractivity contribution in [3.8, 4) is 0 Å². The van der Waals surface area contributed by atoms with E-state index in [1.165, 1.54) is 0 Å². The van der Waals surface area contributed by atoms with Crippen molar-refractivity contribution in [3.63, 3.8) is 0 Å². The van der Waals surface area contributed by atoms with E-state index in [9.17, 15) is 0 Å². The van der Waals surface area contributed by atoms with Gasteiger partial charge in [0.15, 0.2) is 0 Å². The molecule has 2 rings (SSSR count). The van der Waals surface area contributed by atoms with Gasteiger partial charge in [-0.2, -0.15) is 5.10 Å². The number of halogens is 3. The second-order valence-electron chi connectivity index (χ2n) is 3.58. The van der Waals surface area contributed by atoms with Crippen molar-refractivity contribution >= 4 is 53.5 Å². The minimum Gasteiger partial charge on any atom is -0.377 e. The fourth-order valence-electron chi connectivity index (χ4n) is 1.45. The second kappa shape index (κ2) is 5.54. The van der Waals surface area contributed by atoms with Crippen molar-refractivity contribution in [2.24, 2.45) is 7.05 Å². The van der Waals surface area contributed by atoms with Crippen molar-refractivity contribution in [3.05, 3.63) is 43.5 Å². The summed E-state index contributed by atoms with van der Waals surface area (Å²) in [6.45, 7) is 0.694. The van der Waals surface area contributed by atoms with E-state index < -0.39 is 0 Å². The highest BCUT2D eigenvalue weighted by Gasteiger charge is 2.07. The third-order valence-corrected chi connectivity index (χ3v) is 3.93. The van der Waals surface area contributed by atoms with E-state index in [0.29, 0.717) is 6.54 Å². The molecule has 1 aromatic heterocycles. The zero-order valence-corrected chi connectivity index (χ0v) is 13.8. The van der Waals surface area contributed by atoms with Gasteiger partial charge in [-0.25, -0.2) is 0 Å². The average Bonchev–Trinajstić information content (AvgIpc) is 2.62. The van der Waals surface area contributed by atoms with Gasteiger partial charge in [-0.15, -0.1) is 0 Å². The number of rotatable bonds is 3. The summed E-state index contributed by atoms with van der Waals surface area (Å²) in [6, 6.07) is 6.00. The molecule has 0 spiro atoms. The first-order chi connectivity index (χ1) is 8.06. The molecule has 0 saturated heterocycles. The molecule has 0 aliphatic heterocycles. The molecule has 2 aromatic rings. The van der Waals surface area contributed by atoms with Crippen LogP contribution in [0.25, 0.3) is 0 Å². The molecule has 0 unspecified atom stereocenters. The van der Waals surface area contributed by atoms with Crippen LogP contribution < -0.4 is 5.32 Å². The Hall–Kier alpha value is -0.330. The molecular weight excluding hydrogens is 414 g/mol. The summed E-state index contributed by atoms with van der Waals surface area (Å²) in [4.78, 5) is 0. The number of anilines is 1.